The maximum Gasteiger partial charge on any atom is 0.199 e. The Bertz CT molecular complexity index is 290. The molecule has 1 aromatic carbocycles. The van der Waals surface area contributed by atoms with Crippen molar-refractivity contribution in [1.29, 1.82) is 0 Å². The number of carbonyl (C=O) groups excluding carboxylic acids is 2. The Morgan fingerprint density at radius 1 is 1.19 bits per heavy atom. The van der Waals surface area contributed by atoms with Crippen LogP contribution in [0.5, 0.6) is 5.75 Å². The van der Waals surface area contributed by atoms with Crippen LogP contribution in [0.3, 0.4) is 0 Å². The van der Waals surface area contributed by atoms with E-state index in [-0.39, 0.29) is 12.2 Å². The van der Waals surface area contributed by atoms with Gasteiger partial charge in [0.05, 0.1) is 0 Å². The smallest absolute Gasteiger partial charge is 0.199 e. The third-order valence-electron chi connectivity index (χ3n) is 1.45. The van der Waals surface area contributed by atoms with Gasteiger partial charge in [-0.15, -0.1) is 0 Å². The molecule has 0 aliphatic heterocycles. The van der Waals surface area contributed by atoms with Crippen molar-refractivity contribution in [2.24, 2.45) is 0 Å². The molecule has 0 bridgehead atoms. The minimum Gasteiger partial charge on any atom is -0.508 e. The summed E-state index contributed by atoms with van der Waals surface area (Å²) in [5.74, 6) is -0.307. The Morgan fingerprint density at radius 3 is 2.00 bits per heavy atom. The lowest BCUT2D eigenvalue weighted by Gasteiger charge is -1.95. The molecule has 0 saturated carbocycles. The van der Waals surface area contributed by atoms with E-state index in [9.17, 15) is 9.59 Å². The van der Waals surface area contributed by atoms with Gasteiger partial charge in [0, 0.05) is 13.5 Å². The van der Waals surface area contributed by atoms with E-state index in [1.54, 1.807) is 12.1 Å². The van der Waals surface area contributed by atoms with E-state index in [4.69, 9.17) is 10.2 Å². The molecule has 0 atom stereocenters. The van der Waals surface area contributed by atoms with Crippen molar-refractivity contribution in [3.8, 4) is 5.75 Å². The quantitative estimate of drug-likeness (QED) is 0.602. The van der Waals surface area contributed by atoms with Gasteiger partial charge in [0.2, 0.25) is 0 Å². The molecule has 2 N–H and O–H groups in total. The molecule has 0 aromatic heterocycles. The summed E-state index contributed by atoms with van der Waals surface area (Å²) in [6, 6.07) is 6.17. The van der Waals surface area contributed by atoms with Crippen molar-refractivity contribution in [1.82, 2.24) is 0 Å². The fraction of sp³-hybridized carbons (Fsp3) is 0.333. The first-order chi connectivity index (χ1) is 7.72. The maximum atomic E-state index is 10.6. The monoisotopic (exact) mass is 226 g/mol. The average molecular weight is 226 g/mol. The number of aldehydes is 1. The summed E-state index contributed by atoms with van der Waals surface area (Å²) in [5, 5.41) is 15.9. The van der Waals surface area contributed by atoms with Gasteiger partial charge in [0.25, 0.3) is 0 Å². The van der Waals surface area contributed by atoms with Crippen LogP contribution in [0.2, 0.25) is 0 Å². The van der Waals surface area contributed by atoms with Gasteiger partial charge >= 0.3 is 0 Å². The first-order valence-electron chi connectivity index (χ1n) is 4.93. The van der Waals surface area contributed by atoms with Crippen LogP contribution < -0.4 is 0 Å². The zero-order valence-corrected chi connectivity index (χ0v) is 9.80. The summed E-state index contributed by atoms with van der Waals surface area (Å²) >= 11 is 0. The van der Waals surface area contributed by atoms with Gasteiger partial charge in [-0.05, 0) is 17.7 Å². The third-order valence-corrected chi connectivity index (χ3v) is 1.45. The van der Waals surface area contributed by atoms with Crippen molar-refractivity contribution in [3.63, 3.8) is 0 Å². The van der Waals surface area contributed by atoms with Crippen molar-refractivity contribution in [2.75, 3.05) is 7.11 Å². The van der Waals surface area contributed by atoms with E-state index in [2.05, 4.69) is 0 Å². The van der Waals surface area contributed by atoms with Gasteiger partial charge in [-0.25, -0.2) is 0 Å². The third kappa shape index (κ3) is 7.70. The molecule has 0 fully saturated rings. The molecule has 0 amide bonds. The molecule has 0 heterocycles. The molecular formula is C12H18O4. The van der Waals surface area contributed by atoms with Crippen LogP contribution >= 0.6 is 0 Å². The number of ketones is 1. The molecule has 0 aliphatic rings. The number of hydrogen-bond acceptors (Lipinski definition) is 4. The van der Waals surface area contributed by atoms with E-state index in [0.717, 1.165) is 12.7 Å². The Labute approximate surface area is 95.5 Å². The number of aliphatic hydroxyl groups excluding tert-OH is 1. The highest BCUT2D eigenvalue weighted by Gasteiger charge is 2.00. The van der Waals surface area contributed by atoms with Crippen LogP contribution in [0, 0.1) is 0 Å². The molecule has 16 heavy (non-hydrogen) atoms. The van der Waals surface area contributed by atoms with Crippen molar-refractivity contribution in [2.45, 2.75) is 20.3 Å². The van der Waals surface area contributed by atoms with Crippen LogP contribution in [0.25, 0.3) is 0 Å². The minimum atomic E-state index is -0.458. The van der Waals surface area contributed by atoms with Gasteiger partial charge in [0.15, 0.2) is 12.1 Å². The second kappa shape index (κ2) is 11.4. The SMILES string of the molecule is CC.CO.O=CC(=O)Cc1ccc(O)cc1. The zero-order chi connectivity index (χ0) is 13.0. The number of hydrogen-bond donors (Lipinski definition) is 2. The molecule has 4 nitrogen and oxygen atoms in total. The summed E-state index contributed by atoms with van der Waals surface area (Å²) in [6.45, 7) is 4.00. The zero-order valence-electron chi connectivity index (χ0n) is 9.80. The molecule has 90 valence electrons. The summed E-state index contributed by atoms with van der Waals surface area (Å²) in [7, 11) is 1.00. The topological polar surface area (TPSA) is 74.6 Å². The number of Topliss-reactive ketones (excluding diaryl/α,β-unsaturated/α-hetero) is 1. The Morgan fingerprint density at radius 2 is 1.62 bits per heavy atom. The molecule has 1 aromatic rings. The lowest BCUT2D eigenvalue weighted by atomic mass is 10.1. The molecular weight excluding hydrogens is 208 g/mol. The second-order valence-electron chi connectivity index (χ2n) is 2.43. The number of aliphatic hydroxyl groups is 1. The van der Waals surface area contributed by atoms with Crippen molar-refractivity contribution >= 4 is 12.1 Å². The Balaban J connectivity index is 0. The van der Waals surface area contributed by atoms with E-state index < -0.39 is 5.78 Å². The lowest BCUT2D eigenvalue weighted by molar-refractivity contribution is -0.129. The molecule has 0 radical (unpaired) electrons. The first kappa shape index (κ1) is 16.7. The molecule has 0 spiro atoms. The molecule has 4 heteroatoms. The minimum absolute atomic E-state index is 0.101. The molecule has 1 rings (SSSR count). The maximum absolute atomic E-state index is 10.6. The number of rotatable bonds is 3. The molecule has 0 saturated heterocycles. The summed E-state index contributed by atoms with van der Waals surface area (Å²) < 4.78 is 0. The van der Waals surface area contributed by atoms with Crippen molar-refractivity contribution in [3.05, 3.63) is 29.8 Å². The normalized spacial score (nSPS) is 7.75. The van der Waals surface area contributed by atoms with Crippen LogP contribution in [-0.2, 0) is 16.0 Å². The first-order valence-corrected chi connectivity index (χ1v) is 4.93. The standard InChI is InChI=1S/C9H8O3.C2H6.CH4O/c10-6-9(12)5-7-1-3-8(11)4-2-7;2*1-2/h1-4,6,11H,5H2;1-2H3;2H,1H3. The molecule has 0 unspecified atom stereocenters. The highest BCUT2D eigenvalue weighted by molar-refractivity contribution is 6.25. The Hall–Kier alpha value is -1.68. The number of benzene rings is 1. The summed E-state index contributed by atoms with van der Waals surface area (Å²) in [4.78, 5) is 20.6. The van der Waals surface area contributed by atoms with Crippen LogP contribution in [0.4, 0.5) is 0 Å². The summed E-state index contributed by atoms with van der Waals surface area (Å²) in [6.07, 6.45) is 0.399. The van der Waals surface area contributed by atoms with Crippen LogP contribution in [0.1, 0.15) is 19.4 Å². The van der Waals surface area contributed by atoms with E-state index >= 15 is 0 Å². The van der Waals surface area contributed by atoms with Crippen LogP contribution in [-0.4, -0.2) is 29.4 Å². The lowest BCUT2D eigenvalue weighted by Crippen LogP contribution is -2.02. The fourth-order valence-electron chi connectivity index (χ4n) is 0.857. The van der Waals surface area contributed by atoms with Gasteiger partial charge in [-0.2, -0.15) is 0 Å². The number of phenolic OH excluding ortho intramolecular Hbond substituents is 1. The predicted octanol–water partition coefficient (Wildman–Crippen LogP) is 1.34. The van der Waals surface area contributed by atoms with E-state index in [1.807, 2.05) is 13.8 Å². The number of carbonyl (C=O) groups is 2. The number of aromatic hydroxyl groups is 1. The van der Waals surface area contributed by atoms with Crippen molar-refractivity contribution < 1.29 is 19.8 Å². The van der Waals surface area contributed by atoms with Gasteiger partial charge in [-0.3, -0.25) is 9.59 Å². The fourth-order valence-corrected chi connectivity index (χ4v) is 0.857. The van der Waals surface area contributed by atoms with Gasteiger partial charge in [-0.1, -0.05) is 26.0 Å². The highest BCUT2D eigenvalue weighted by atomic mass is 16.3. The highest BCUT2D eigenvalue weighted by Crippen LogP contribution is 2.09. The second-order valence-corrected chi connectivity index (χ2v) is 2.43. The summed E-state index contributed by atoms with van der Waals surface area (Å²) in [5.41, 5.74) is 0.727. The Kier molecular flexibility index (Phi) is 11.9. The van der Waals surface area contributed by atoms with E-state index in [0.29, 0.717) is 6.29 Å². The average Bonchev–Trinajstić information content (AvgIpc) is 2.37. The van der Waals surface area contributed by atoms with Gasteiger partial charge in [0.1, 0.15) is 5.75 Å². The largest absolute Gasteiger partial charge is 0.508 e. The number of phenols is 1. The predicted molar refractivity (Wildman–Crippen MR) is 62.4 cm³/mol. The van der Waals surface area contributed by atoms with Gasteiger partial charge < -0.3 is 10.2 Å². The van der Waals surface area contributed by atoms with Crippen LogP contribution in [0.15, 0.2) is 24.3 Å². The molecule has 0 aliphatic carbocycles. The van der Waals surface area contributed by atoms with E-state index in [1.165, 1.54) is 12.1 Å².